The molecule has 0 spiro atoms. The van der Waals surface area contributed by atoms with E-state index in [2.05, 4.69) is 4.90 Å². The molecule has 9 heteroatoms. The predicted octanol–water partition coefficient (Wildman–Crippen LogP) is 7.51. The number of amides is 1. The van der Waals surface area contributed by atoms with E-state index in [-0.39, 0.29) is 29.5 Å². The topological polar surface area (TPSA) is 23.6 Å². The van der Waals surface area contributed by atoms with Crippen molar-refractivity contribution in [3.8, 4) is 0 Å². The molecular formula is C30H28F6N2O. The summed E-state index contributed by atoms with van der Waals surface area (Å²) in [5.74, 6) is -0.226. The highest BCUT2D eigenvalue weighted by Gasteiger charge is 2.71. The SMILES string of the molecule is CC(c1cc(C(F)(F)F)cc(C(F)(F)F)c1)N(C)C(=O)[C@]12C[C@@H]1CN(Cc1ccccc1)[C@@H]2c1ccccc1. The van der Waals surface area contributed by atoms with Gasteiger partial charge in [-0.2, -0.15) is 26.3 Å². The van der Waals surface area contributed by atoms with Crippen LogP contribution < -0.4 is 0 Å². The fourth-order valence-corrected chi connectivity index (χ4v) is 6.07. The molecular weight excluding hydrogens is 518 g/mol. The number of hydrogen-bond donors (Lipinski definition) is 0. The summed E-state index contributed by atoms with van der Waals surface area (Å²) in [6.45, 7) is 2.76. The number of halogens is 6. The summed E-state index contributed by atoms with van der Waals surface area (Å²) in [6.07, 6.45) is -9.30. The van der Waals surface area contributed by atoms with E-state index in [1.54, 1.807) is 0 Å². The average Bonchev–Trinajstić information content (AvgIpc) is 3.52. The number of rotatable bonds is 6. The van der Waals surface area contributed by atoms with Gasteiger partial charge in [0.1, 0.15) is 0 Å². The zero-order valence-electron chi connectivity index (χ0n) is 21.4. The molecule has 4 atom stereocenters. The smallest absolute Gasteiger partial charge is 0.338 e. The molecule has 0 N–H and O–H groups in total. The van der Waals surface area contributed by atoms with Crippen LogP contribution >= 0.6 is 0 Å². The van der Waals surface area contributed by atoms with Crippen LogP contribution in [0.2, 0.25) is 0 Å². The van der Waals surface area contributed by atoms with E-state index in [9.17, 15) is 31.1 Å². The Morgan fingerprint density at radius 1 is 0.923 bits per heavy atom. The number of carbonyl (C=O) groups is 1. The second kappa shape index (κ2) is 9.70. The summed E-state index contributed by atoms with van der Waals surface area (Å²) in [5, 5.41) is 0. The number of fused-ring (bicyclic) bond motifs is 1. The second-order valence-electron chi connectivity index (χ2n) is 10.6. The quantitative estimate of drug-likeness (QED) is 0.299. The van der Waals surface area contributed by atoms with Crippen LogP contribution in [0, 0.1) is 11.3 Å². The molecule has 2 aliphatic rings. The van der Waals surface area contributed by atoms with Gasteiger partial charge in [-0.05, 0) is 54.2 Å². The molecule has 3 nitrogen and oxygen atoms in total. The molecule has 0 radical (unpaired) electrons. The van der Waals surface area contributed by atoms with Crippen molar-refractivity contribution in [2.75, 3.05) is 13.6 Å². The van der Waals surface area contributed by atoms with Crippen LogP contribution in [-0.2, 0) is 23.7 Å². The van der Waals surface area contributed by atoms with E-state index in [4.69, 9.17) is 0 Å². The van der Waals surface area contributed by atoms with Gasteiger partial charge in [-0.15, -0.1) is 0 Å². The lowest BCUT2D eigenvalue weighted by Gasteiger charge is -2.36. The molecule has 1 unspecified atom stereocenters. The molecule has 0 bridgehead atoms. The van der Waals surface area contributed by atoms with Crippen molar-refractivity contribution in [3.63, 3.8) is 0 Å². The Morgan fingerprint density at radius 2 is 1.46 bits per heavy atom. The number of hydrogen-bond acceptors (Lipinski definition) is 2. The number of alkyl halides is 6. The number of nitrogens with zero attached hydrogens (tertiary/aromatic N) is 2. The normalized spacial score (nSPS) is 23.8. The number of piperidine rings is 1. The standard InChI is InChI=1S/C30H28F6N2O/c1-19(22-13-23(29(31,32)33)15-24(14-22)30(34,35)36)37(2)27(39)28-16-25(28)18-38(17-20-9-5-3-6-10-20)26(28)21-11-7-4-8-12-21/h3-15,19,25-26H,16-18H2,1-2H3/t19?,25-,26-,28-/m1/s1. The van der Waals surface area contributed by atoms with Crippen LogP contribution in [0.15, 0.2) is 78.9 Å². The maximum Gasteiger partial charge on any atom is 0.416 e. The van der Waals surface area contributed by atoms with Gasteiger partial charge in [0, 0.05) is 26.2 Å². The van der Waals surface area contributed by atoms with E-state index in [0.717, 1.165) is 11.1 Å². The molecule has 2 fully saturated rings. The van der Waals surface area contributed by atoms with Gasteiger partial charge < -0.3 is 4.90 Å². The minimum Gasteiger partial charge on any atom is -0.338 e. The van der Waals surface area contributed by atoms with Gasteiger partial charge in [-0.3, -0.25) is 9.69 Å². The van der Waals surface area contributed by atoms with Gasteiger partial charge in [-0.25, -0.2) is 0 Å². The van der Waals surface area contributed by atoms with Gasteiger partial charge >= 0.3 is 12.4 Å². The number of carbonyl (C=O) groups excluding carboxylic acids is 1. The maximum absolute atomic E-state index is 14.1. The molecule has 1 saturated heterocycles. The van der Waals surface area contributed by atoms with Gasteiger partial charge in [0.2, 0.25) is 5.91 Å². The second-order valence-corrected chi connectivity index (χ2v) is 10.6. The van der Waals surface area contributed by atoms with Crippen LogP contribution in [0.3, 0.4) is 0 Å². The fraction of sp³-hybridized carbons (Fsp3) is 0.367. The van der Waals surface area contributed by atoms with E-state index in [1.807, 2.05) is 60.7 Å². The van der Waals surface area contributed by atoms with Crippen LogP contribution in [-0.4, -0.2) is 29.3 Å². The lowest BCUT2D eigenvalue weighted by atomic mass is 9.87. The lowest BCUT2D eigenvalue weighted by molar-refractivity contribution is -0.143. The minimum atomic E-state index is -4.96. The molecule has 39 heavy (non-hydrogen) atoms. The maximum atomic E-state index is 14.1. The molecule has 1 heterocycles. The molecule has 1 aliphatic heterocycles. The van der Waals surface area contributed by atoms with E-state index in [1.165, 1.54) is 18.9 Å². The van der Waals surface area contributed by atoms with Crippen molar-refractivity contribution in [1.82, 2.24) is 9.80 Å². The van der Waals surface area contributed by atoms with Crippen molar-refractivity contribution in [3.05, 3.63) is 107 Å². The van der Waals surface area contributed by atoms with Crippen LogP contribution in [0.5, 0.6) is 0 Å². The number of benzene rings is 3. The summed E-state index contributed by atoms with van der Waals surface area (Å²) in [6, 6.07) is 19.7. The fourth-order valence-electron chi connectivity index (χ4n) is 6.07. The van der Waals surface area contributed by atoms with Crippen molar-refractivity contribution in [2.45, 2.75) is 44.3 Å². The van der Waals surface area contributed by atoms with E-state index >= 15 is 0 Å². The first-order valence-corrected chi connectivity index (χ1v) is 12.7. The molecule has 1 aliphatic carbocycles. The summed E-state index contributed by atoms with van der Waals surface area (Å²) in [7, 11) is 1.46. The largest absolute Gasteiger partial charge is 0.416 e. The molecule has 0 aromatic heterocycles. The monoisotopic (exact) mass is 546 g/mol. The molecule has 1 amide bonds. The van der Waals surface area contributed by atoms with Crippen molar-refractivity contribution >= 4 is 5.91 Å². The first-order chi connectivity index (χ1) is 18.3. The highest BCUT2D eigenvalue weighted by molar-refractivity contribution is 5.88. The summed E-state index contributed by atoms with van der Waals surface area (Å²) in [4.78, 5) is 17.7. The Labute approximate surface area is 223 Å². The Bertz CT molecular complexity index is 1310. The van der Waals surface area contributed by atoms with Crippen LogP contribution in [0.1, 0.15) is 53.2 Å². The van der Waals surface area contributed by atoms with E-state index in [0.29, 0.717) is 31.6 Å². The first-order valence-electron chi connectivity index (χ1n) is 12.7. The van der Waals surface area contributed by atoms with Crippen molar-refractivity contribution in [1.29, 1.82) is 0 Å². The third kappa shape index (κ3) is 5.04. The Balaban J connectivity index is 1.48. The van der Waals surface area contributed by atoms with Gasteiger partial charge in [0.25, 0.3) is 0 Å². The molecule has 3 aromatic carbocycles. The van der Waals surface area contributed by atoms with Crippen LogP contribution in [0.25, 0.3) is 0 Å². The van der Waals surface area contributed by atoms with Gasteiger partial charge in [-0.1, -0.05) is 60.7 Å². The summed E-state index contributed by atoms with van der Waals surface area (Å²) >= 11 is 0. The molecule has 206 valence electrons. The highest BCUT2D eigenvalue weighted by Crippen LogP contribution is 2.68. The van der Waals surface area contributed by atoms with Gasteiger partial charge in [0.15, 0.2) is 0 Å². The van der Waals surface area contributed by atoms with Crippen molar-refractivity contribution in [2.24, 2.45) is 11.3 Å². The third-order valence-corrected chi connectivity index (χ3v) is 8.20. The minimum absolute atomic E-state index is 0.0424. The van der Waals surface area contributed by atoms with Crippen LogP contribution in [0.4, 0.5) is 26.3 Å². The summed E-state index contributed by atoms with van der Waals surface area (Å²) in [5.41, 5.74) is -1.74. The molecule has 5 rings (SSSR count). The van der Waals surface area contributed by atoms with Crippen molar-refractivity contribution < 1.29 is 31.1 Å². The first kappa shape index (κ1) is 27.2. The zero-order valence-corrected chi connectivity index (χ0v) is 21.4. The average molecular weight is 547 g/mol. The Morgan fingerprint density at radius 3 is 2.00 bits per heavy atom. The predicted molar refractivity (Wildman–Crippen MR) is 134 cm³/mol. The van der Waals surface area contributed by atoms with Gasteiger partial charge in [0.05, 0.1) is 22.6 Å². The highest BCUT2D eigenvalue weighted by atomic mass is 19.4. The lowest BCUT2D eigenvalue weighted by Crippen LogP contribution is -2.41. The number of likely N-dealkylation sites (tertiary alicyclic amines) is 1. The molecule has 1 saturated carbocycles. The summed E-state index contributed by atoms with van der Waals surface area (Å²) < 4.78 is 80.9. The van der Waals surface area contributed by atoms with E-state index < -0.39 is 34.9 Å². The molecule has 3 aromatic rings. The third-order valence-electron chi connectivity index (χ3n) is 8.20. The zero-order chi connectivity index (χ0) is 28.2. The Hall–Kier alpha value is -3.33. The Kier molecular flexibility index (Phi) is 6.77.